The number of pyridine rings is 1. The number of aryl methyl sites for hydroxylation is 2. The highest BCUT2D eigenvalue weighted by atomic mass is 16.6. The molecule has 0 radical (unpaired) electrons. The van der Waals surface area contributed by atoms with Gasteiger partial charge in [0.05, 0.1) is 5.69 Å². The number of aromatic nitrogens is 3. The zero-order valence-corrected chi connectivity index (χ0v) is 15.6. The van der Waals surface area contributed by atoms with E-state index >= 15 is 0 Å². The second-order valence-corrected chi connectivity index (χ2v) is 7.67. The number of nitrogens with zero attached hydrogens (tertiary/aromatic N) is 4. The highest BCUT2D eigenvalue weighted by Crippen LogP contribution is 2.30. The predicted molar refractivity (Wildman–Crippen MR) is 96.3 cm³/mol. The molecule has 0 bridgehead atoms. The Bertz CT molecular complexity index is 776. The monoisotopic (exact) mass is 342 g/mol. The van der Waals surface area contributed by atoms with Crippen LogP contribution in [0.2, 0.25) is 0 Å². The summed E-state index contributed by atoms with van der Waals surface area (Å²) in [7, 11) is 1.94. The fourth-order valence-electron chi connectivity index (χ4n) is 3.20. The lowest BCUT2D eigenvalue weighted by molar-refractivity contribution is 0.0292. The molecule has 1 saturated heterocycles. The molecule has 25 heavy (non-hydrogen) atoms. The normalized spacial score (nSPS) is 17.8. The van der Waals surface area contributed by atoms with Gasteiger partial charge in [0.1, 0.15) is 5.60 Å². The summed E-state index contributed by atoms with van der Waals surface area (Å²) in [5.74, 6) is 0.236. The summed E-state index contributed by atoms with van der Waals surface area (Å²) in [5.41, 5.74) is 3.71. The third kappa shape index (κ3) is 4.00. The van der Waals surface area contributed by atoms with Crippen LogP contribution in [0.4, 0.5) is 4.79 Å². The lowest BCUT2D eigenvalue weighted by Gasteiger charge is -2.24. The Balaban J connectivity index is 1.78. The van der Waals surface area contributed by atoms with E-state index in [1.165, 1.54) is 0 Å². The van der Waals surface area contributed by atoms with Crippen LogP contribution in [0.25, 0.3) is 11.3 Å². The molecule has 1 fully saturated rings. The number of hydrogen-bond acceptors (Lipinski definition) is 4. The van der Waals surface area contributed by atoms with E-state index in [1.807, 2.05) is 45.5 Å². The van der Waals surface area contributed by atoms with Gasteiger partial charge in [-0.05, 0) is 52.3 Å². The molecule has 6 nitrogen and oxygen atoms in total. The minimum absolute atomic E-state index is 0.236. The Labute approximate surface area is 148 Å². The van der Waals surface area contributed by atoms with Crippen molar-refractivity contribution in [2.24, 2.45) is 7.05 Å². The van der Waals surface area contributed by atoms with E-state index in [9.17, 15) is 4.79 Å². The highest BCUT2D eigenvalue weighted by molar-refractivity contribution is 5.68. The van der Waals surface area contributed by atoms with Crippen molar-refractivity contribution in [1.29, 1.82) is 0 Å². The van der Waals surface area contributed by atoms with Crippen LogP contribution in [0.5, 0.6) is 0 Å². The summed E-state index contributed by atoms with van der Waals surface area (Å²) in [4.78, 5) is 18.8. The third-order valence-electron chi connectivity index (χ3n) is 4.35. The molecule has 0 unspecified atom stereocenters. The van der Waals surface area contributed by atoms with Crippen molar-refractivity contribution in [2.45, 2.75) is 45.6 Å². The fourth-order valence-corrected chi connectivity index (χ4v) is 3.20. The second-order valence-electron chi connectivity index (χ2n) is 7.67. The Morgan fingerprint density at radius 2 is 2.08 bits per heavy atom. The molecular formula is C19H26N4O2. The van der Waals surface area contributed by atoms with Gasteiger partial charge in [-0.15, -0.1) is 0 Å². The van der Waals surface area contributed by atoms with Crippen LogP contribution >= 0.6 is 0 Å². The van der Waals surface area contributed by atoms with Gasteiger partial charge >= 0.3 is 6.09 Å². The minimum Gasteiger partial charge on any atom is -0.444 e. The Hall–Kier alpha value is -2.37. The van der Waals surface area contributed by atoms with Crippen molar-refractivity contribution in [3.63, 3.8) is 0 Å². The summed E-state index contributed by atoms with van der Waals surface area (Å²) in [6.07, 6.45) is 2.46. The number of hydrogen-bond donors (Lipinski definition) is 0. The smallest absolute Gasteiger partial charge is 0.410 e. The van der Waals surface area contributed by atoms with E-state index in [2.05, 4.69) is 17.2 Å². The summed E-state index contributed by atoms with van der Waals surface area (Å²) in [6.45, 7) is 9.03. The highest BCUT2D eigenvalue weighted by Gasteiger charge is 2.31. The molecule has 3 rings (SSSR count). The Morgan fingerprint density at radius 1 is 1.32 bits per heavy atom. The predicted octanol–water partition coefficient (Wildman–Crippen LogP) is 3.51. The third-order valence-corrected chi connectivity index (χ3v) is 4.35. The van der Waals surface area contributed by atoms with E-state index < -0.39 is 5.60 Å². The first-order valence-electron chi connectivity index (χ1n) is 8.68. The first kappa shape index (κ1) is 17.5. The van der Waals surface area contributed by atoms with Gasteiger partial charge in [0.25, 0.3) is 0 Å². The molecule has 1 aliphatic heterocycles. The summed E-state index contributed by atoms with van der Waals surface area (Å²) >= 11 is 0. The number of amides is 1. The molecule has 1 aliphatic rings. The Morgan fingerprint density at radius 3 is 2.72 bits per heavy atom. The molecule has 6 heteroatoms. The minimum atomic E-state index is -0.469. The van der Waals surface area contributed by atoms with E-state index in [4.69, 9.17) is 9.72 Å². The molecule has 2 aromatic rings. The molecule has 3 heterocycles. The van der Waals surface area contributed by atoms with Gasteiger partial charge in [-0.2, -0.15) is 5.10 Å². The van der Waals surface area contributed by atoms with E-state index in [0.717, 1.165) is 29.1 Å². The maximum absolute atomic E-state index is 12.3. The molecule has 1 atom stereocenters. The molecule has 2 aromatic heterocycles. The van der Waals surface area contributed by atoms with Crippen molar-refractivity contribution in [1.82, 2.24) is 19.7 Å². The Kier molecular flexibility index (Phi) is 4.54. The standard InChI is InChI=1S/C19H26N4O2/c1-13-10-15(17-6-8-20-22(17)5)11-16(21-13)14-7-9-23(12-14)18(24)25-19(2,3)4/h6,8,10-11,14H,7,9,12H2,1-5H3/t14-/m0/s1. The van der Waals surface area contributed by atoms with Crippen LogP contribution < -0.4 is 0 Å². The van der Waals surface area contributed by atoms with Crippen LogP contribution in [-0.2, 0) is 11.8 Å². The van der Waals surface area contributed by atoms with E-state index in [0.29, 0.717) is 13.1 Å². The zero-order chi connectivity index (χ0) is 18.2. The molecular weight excluding hydrogens is 316 g/mol. The molecule has 1 amide bonds. The van der Waals surface area contributed by atoms with Gasteiger partial charge in [0, 0.05) is 49.2 Å². The van der Waals surface area contributed by atoms with E-state index in [1.54, 1.807) is 11.1 Å². The lowest BCUT2D eigenvalue weighted by Crippen LogP contribution is -2.35. The van der Waals surface area contributed by atoms with Crippen LogP contribution in [0, 0.1) is 6.92 Å². The number of ether oxygens (including phenoxy) is 1. The van der Waals surface area contributed by atoms with Gasteiger partial charge in [-0.3, -0.25) is 9.67 Å². The molecule has 0 N–H and O–H groups in total. The topological polar surface area (TPSA) is 60.2 Å². The number of carbonyl (C=O) groups is 1. The number of rotatable bonds is 2. The zero-order valence-electron chi connectivity index (χ0n) is 15.6. The average molecular weight is 342 g/mol. The van der Waals surface area contributed by atoms with Crippen LogP contribution in [0.1, 0.15) is 44.5 Å². The lowest BCUT2D eigenvalue weighted by atomic mass is 10.0. The van der Waals surface area contributed by atoms with Gasteiger partial charge in [-0.25, -0.2) is 4.79 Å². The average Bonchev–Trinajstić information content (AvgIpc) is 3.13. The maximum atomic E-state index is 12.3. The largest absolute Gasteiger partial charge is 0.444 e. The van der Waals surface area contributed by atoms with Crippen molar-refractivity contribution < 1.29 is 9.53 Å². The van der Waals surface area contributed by atoms with Crippen molar-refractivity contribution >= 4 is 6.09 Å². The van der Waals surface area contributed by atoms with Gasteiger partial charge < -0.3 is 9.64 Å². The number of carbonyl (C=O) groups excluding carboxylic acids is 1. The van der Waals surface area contributed by atoms with Gasteiger partial charge in [0.15, 0.2) is 0 Å². The van der Waals surface area contributed by atoms with Crippen molar-refractivity contribution in [3.8, 4) is 11.3 Å². The number of likely N-dealkylation sites (tertiary alicyclic amines) is 1. The molecule has 0 aliphatic carbocycles. The maximum Gasteiger partial charge on any atom is 0.410 e. The second kappa shape index (κ2) is 6.50. The van der Waals surface area contributed by atoms with Crippen LogP contribution in [0.15, 0.2) is 24.4 Å². The van der Waals surface area contributed by atoms with Crippen molar-refractivity contribution in [3.05, 3.63) is 35.8 Å². The molecule has 0 saturated carbocycles. The molecule has 134 valence electrons. The molecule has 0 aromatic carbocycles. The molecule has 0 spiro atoms. The van der Waals surface area contributed by atoms with Gasteiger partial charge in [0.2, 0.25) is 0 Å². The summed E-state index contributed by atoms with van der Waals surface area (Å²) in [6, 6.07) is 6.19. The summed E-state index contributed by atoms with van der Waals surface area (Å²) in [5, 5.41) is 4.25. The quantitative estimate of drug-likeness (QED) is 0.838. The fraction of sp³-hybridized carbons (Fsp3) is 0.526. The first-order chi connectivity index (χ1) is 11.7. The van der Waals surface area contributed by atoms with Crippen LogP contribution in [-0.4, -0.2) is 44.4 Å². The first-order valence-corrected chi connectivity index (χ1v) is 8.68. The SMILES string of the molecule is Cc1cc(-c2ccnn2C)cc([C@H]2CCN(C(=O)OC(C)(C)C)C2)n1. The summed E-state index contributed by atoms with van der Waals surface area (Å²) < 4.78 is 7.34. The van der Waals surface area contributed by atoms with Gasteiger partial charge in [-0.1, -0.05) is 0 Å². The van der Waals surface area contributed by atoms with E-state index in [-0.39, 0.29) is 12.0 Å². The van der Waals surface area contributed by atoms with Crippen LogP contribution in [0.3, 0.4) is 0 Å². The van der Waals surface area contributed by atoms with Crippen molar-refractivity contribution in [2.75, 3.05) is 13.1 Å².